The van der Waals surface area contributed by atoms with E-state index in [0.717, 1.165) is 11.1 Å². The average molecular weight is 742 g/mol. The van der Waals surface area contributed by atoms with Crippen LogP contribution in [-0.2, 0) is 29.6 Å². The number of non-ortho nitro benzene ring substituents is 1. The van der Waals surface area contributed by atoms with Gasteiger partial charge in [0.2, 0.25) is 0 Å². The van der Waals surface area contributed by atoms with E-state index in [1.165, 1.54) is 55.0 Å². The monoisotopic (exact) mass is 741 g/mol. The number of nitrogens with zero attached hydrogens (tertiary/aromatic N) is 7. The molecule has 2 aromatic heterocycles. The Morgan fingerprint density at radius 2 is 1.76 bits per heavy atom. The minimum Gasteiger partial charge on any atom is -0.377 e. The summed E-state index contributed by atoms with van der Waals surface area (Å²) in [6.07, 6.45) is 0.482. The number of sulfonamides is 1. The Bertz CT molecular complexity index is 2270. The molecule has 0 amide bonds. The van der Waals surface area contributed by atoms with Crippen molar-refractivity contribution in [3.8, 4) is 0 Å². The molecule has 51 heavy (non-hydrogen) atoms. The van der Waals surface area contributed by atoms with Crippen molar-refractivity contribution >= 4 is 57.0 Å². The molecule has 1 aliphatic rings. The molecule has 0 radical (unpaired) electrons. The van der Waals surface area contributed by atoms with Gasteiger partial charge in [-0.2, -0.15) is 0 Å². The predicted octanol–water partition coefficient (Wildman–Crippen LogP) is 2.97. The smallest absolute Gasteiger partial charge is 0.377 e. The van der Waals surface area contributed by atoms with E-state index in [0.29, 0.717) is 10.9 Å². The number of anilines is 2. The first-order valence-electron chi connectivity index (χ1n) is 15.6. The number of aromatic nitrogens is 4. The van der Waals surface area contributed by atoms with Crippen LogP contribution in [0, 0.1) is 10.1 Å². The summed E-state index contributed by atoms with van der Waals surface area (Å²) >= 11 is 0. The lowest BCUT2D eigenvalue weighted by molar-refractivity contribution is -0.384. The largest absolute Gasteiger partial charge is 0.469 e. The lowest BCUT2D eigenvalue weighted by atomic mass is 9.82. The van der Waals surface area contributed by atoms with Crippen molar-refractivity contribution in [2.24, 2.45) is 5.73 Å². The van der Waals surface area contributed by atoms with Gasteiger partial charge in [-0.3, -0.25) is 24.2 Å². The van der Waals surface area contributed by atoms with Crippen molar-refractivity contribution in [3.05, 3.63) is 89.0 Å². The van der Waals surface area contributed by atoms with Crippen LogP contribution >= 0.6 is 7.82 Å². The van der Waals surface area contributed by atoms with Crippen LogP contribution in [0.5, 0.6) is 0 Å². The van der Waals surface area contributed by atoms with Gasteiger partial charge in [0, 0.05) is 56.2 Å². The summed E-state index contributed by atoms with van der Waals surface area (Å²) < 4.78 is 53.2. The highest BCUT2D eigenvalue weighted by molar-refractivity contribution is 7.89. The number of fused-ring (bicyclic) bond motifs is 2. The number of imidazole rings is 1. The molecule has 1 aliphatic heterocycles. The topological polar surface area (TPSA) is 241 Å². The van der Waals surface area contributed by atoms with Gasteiger partial charge in [0.15, 0.2) is 22.7 Å². The van der Waals surface area contributed by atoms with Crippen LogP contribution in [0.2, 0.25) is 0 Å². The van der Waals surface area contributed by atoms with Crippen LogP contribution in [0.25, 0.3) is 21.9 Å². The SMILES string of the molecule is C[C@H]1O[C@@](CCN)(n2cnc3c(N(C)NS(=O)(=O)c4cccc5c(N(C)C)cccc45)ncnc32)[C@H](c2ccc([N+](=O)[O-])cc2)[C@@H]1OP(=O)(O)O. The van der Waals surface area contributed by atoms with Crippen LogP contribution in [0.3, 0.4) is 0 Å². The minimum atomic E-state index is -5.07. The summed E-state index contributed by atoms with van der Waals surface area (Å²) in [5, 5.41) is 13.9. The van der Waals surface area contributed by atoms with Gasteiger partial charge < -0.3 is 25.2 Å². The van der Waals surface area contributed by atoms with E-state index in [4.69, 9.17) is 15.0 Å². The van der Waals surface area contributed by atoms with E-state index in [9.17, 15) is 32.9 Å². The third-order valence-corrected chi connectivity index (χ3v) is 10.8. The van der Waals surface area contributed by atoms with E-state index in [2.05, 4.69) is 19.8 Å². The van der Waals surface area contributed by atoms with E-state index < -0.39 is 46.6 Å². The van der Waals surface area contributed by atoms with Crippen LogP contribution in [0.4, 0.5) is 17.2 Å². The Hall–Kier alpha value is -4.59. The van der Waals surface area contributed by atoms with Crippen LogP contribution in [-0.4, -0.2) is 82.5 Å². The third-order valence-electron chi connectivity index (χ3n) is 8.82. The quantitative estimate of drug-likeness (QED) is 0.0816. The normalized spacial score (nSPS) is 21.0. The fraction of sp³-hybridized carbons (Fsp3) is 0.323. The first-order valence-corrected chi connectivity index (χ1v) is 18.6. The molecule has 18 nitrogen and oxygen atoms in total. The predicted molar refractivity (Wildman–Crippen MR) is 187 cm³/mol. The van der Waals surface area contributed by atoms with Crippen molar-refractivity contribution in [2.45, 2.75) is 42.1 Å². The molecule has 0 bridgehead atoms. The lowest BCUT2D eigenvalue weighted by Crippen LogP contribution is -2.42. The zero-order valence-electron chi connectivity index (χ0n) is 27.9. The fourth-order valence-corrected chi connectivity index (χ4v) is 8.68. The zero-order chi connectivity index (χ0) is 36.9. The van der Waals surface area contributed by atoms with E-state index in [-0.39, 0.29) is 40.5 Å². The average Bonchev–Trinajstić information content (AvgIpc) is 3.62. The highest BCUT2D eigenvalue weighted by Gasteiger charge is 2.58. The standard InChI is InChI=1S/C31H36N9O9PS/c1-19-28(49-50(43,44)45)26(20-11-13-21(14-12-20)40(41)42)31(48-19,15-16-32)39-18-35-27-29(33-17-34-30(27)39)38(4)36-51(46,47)25-10-6-7-22-23(25)8-5-9-24(22)37(2)3/h5-14,17-19,26,28,36H,15-16,32H2,1-4H3,(H2,43,44,45)/t19-,26-,28-,31-/m1/s1. The van der Waals surface area contributed by atoms with Crippen LogP contribution < -0.4 is 20.5 Å². The first kappa shape index (κ1) is 36.2. The highest BCUT2D eigenvalue weighted by atomic mass is 32.2. The molecule has 3 aromatic carbocycles. The number of nitro groups is 1. The Morgan fingerprint density at radius 1 is 1.08 bits per heavy atom. The van der Waals surface area contributed by atoms with Gasteiger partial charge in [0.05, 0.1) is 28.2 Å². The van der Waals surface area contributed by atoms with Crippen molar-refractivity contribution in [1.82, 2.24) is 24.4 Å². The van der Waals surface area contributed by atoms with Crippen molar-refractivity contribution < 1.29 is 37.0 Å². The number of hydrogen-bond donors (Lipinski definition) is 4. The van der Waals surface area contributed by atoms with Gasteiger partial charge in [-0.1, -0.05) is 36.4 Å². The van der Waals surface area contributed by atoms with E-state index >= 15 is 0 Å². The Balaban J connectivity index is 1.44. The number of phosphoric ester groups is 1. The second-order valence-electron chi connectivity index (χ2n) is 12.3. The number of hydrogen-bond acceptors (Lipinski definition) is 13. The van der Waals surface area contributed by atoms with Crippen molar-refractivity contribution in [2.75, 3.05) is 37.6 Å². The molecule has 0 aliphatic carbocycles. The molecule has 0 spiro atoms. The molecule has 5 aromatic rings. The maximum Gasteiger partial charge on any atom is 0.469 e. The summed E-state index contributed by atoms with van der Waals surface area (Å²) in [4.78, 5) is 48.4. The highest BCUT2D eigenvalue weighted by Crippen LogP contribution is 2.55. The number of benzene rings is 3. The molecular formula is C31H36N9O9PS. The number of nitrogens with one attached hydrogen (secondary N) is 1. The molecule has 1 saturated heterocycles. The second-order valence-corrected chi connectivity index (χ2v) is 15.1. The number of rotatable bonds is 12. The Morgan fingerprint density at radius 3 is 2.41 bits per heavy atom. The second kappa shape index (κ2) is 13.5. The van der Waals surface area contributed by atoms with Crippen LogP contribution in [0.1, 0.15) is 24.8 Å². The molecule has 4 atom stereocenters. The first-order chi connectivity index (χ1) is 24.1. The van der Waals surface area contributed by atoms with Gasteiger partial charge in [0.1, 0.15) is 12.4 Å². The third kappa shape index (κ3) is 6.65. The number of ether oxygens (including phenoxy) is 1. The Labute approximate surface area is 292 Å². The molecule has 0 unspecified atom stereocenters. The van der Waals surface area contributed by atoms with E-state index in [1.54, 1.807) is 29.7 Å². The van der Waals surface area contributed by atoms with Gasteiger partial charge in [-0.25, -0.2) is 27.9 Å². The van der Waals surface area contributed by atoms with Crippen molar-refractivity contribution in [3.63, 3.8) is 0 Å². The summed E-state index contributed by atoms with van der Waals surface area (Å²) in [7, 11) is -4.05. The van der Waals surface area contributed by atoms with Crippen molar-refractivity contribution in [1.29, 1.82) is 0 Å². The molecule has 5 N–H and O–H groups in total. The summed E-state index contributed by atoms with van der Waals surface area (Å²) in [5.41, 5.74) is 5.98. The molecule has 270 valence electrons. The molecule has 20 heteroatoms. The fourth-order valence-electron chi connectivity index (χ4n) is 6.80. The molecule has 0 saturated carbocycles. The summed E-state index contributed by atoms with van der Waals surface area (Å²) in [6.45, 7) is 1.60. The summed E-state index contributed by atoms with van der Waals surface area (Å²) in [5.74, 6) is -0.907. The molecule has 3 heterocycles. The number of phosphoric acid groups is 1. The maximum absolute atomic E-state index is 13.9. The zero-order valence-corrected chi connectivity index (χ0v) is 29.6. The summed E-state index contributed by atoms with van der Waals surface area (Å²) in [6, 6.07) is 15.9. The molecule has 1 fully saturated rings. The molecule has 6 rings (SSSR count). The van der Waals surface area contributed by atoms with Gasteiger partial charge in [-0.15, -0.1) is 4.83 Å². The maximum atomic E-state index is 13.9. The number of nitro benzene ring substituents is 1. The van der Waals surface area contributed by atoms with Gasteiger partial charge >= 0.3 is 7.82 Å². The van der Waals surface area contributed by atoms with Gasteiger partial charge in [0.25, 0.3) is 15.7 Å². The van der Waals surface area contributed by atoms with Gasteiger partial charge in [-0.05, 0) is 31.2 Å². The van der Waals surface area contributed by atoms with Crippen LogP contribution in [0.15, 0.2) is 78.2 Å². The minimum absolute atomic E-state index is 0.0245. The lowest BCUT2D eigenvalue weighted by Gasteiger charge is -2.37. The molecular weight excluding hydrogens is 705 g/mol. The number of hydrazine groups is 1. The van der Waals surface area contributed by atoms with E-state index in [1.807, 2.05) is 31.1 Å². The number of nitrogens with two attached hydrogens (primary N) is 1. The Kier molecular flexibility index (Phi) is 9.59.